The number of hydrogen-bond acceptors (Lipinski definition) is 5. The maximum Gasteiger partial charge on any atom is 0.187 e. The highest BCUT2D eigenvalue weighted by atomic mass is 35.5. The zero-order chi connectivity index (χ0) is 16.8. The Kier molecular flexibility index (Phi) is 3.15. The van der Waals surface area contributed by atoms with Crippen LogP contribution in [-0.4, -0.2) is 29.7 Å². The van der Waals surface area contributed by atoms with Gasteiger partial charge in [-0.25, -0.2) is 15.0 Å². The lowest BCUT2D eigenvalue weighted by molar-refractivity contribution is 0.886. The number of aromatic amines is 1. The Bertz CT molecular complexity index is 1160. The van der Waals surface area contributed by atoms with Gasteiger partial charge >= 0.3 is 0 Å². The molecule has 0 aliphatic carbocycles. The van der Waals surface area contributed by atoms with Gasteiger partial charge in [-0.05, 0) is 25.0 Å². The molecule has 0 radical (unpaired) electrons. The van der Waals surface area contributed by atoms with Crippen molar-refractivity contribution in [2.24, 2.45) is 7.05 Å². The highest BCUT2D eigenvalue weighted by Gasteiger charge is 2.10. The number of halogens is 1. The van der Waals surface area contributed by atoms with Crippen LogP contribution < -0.4 is 5.73 Å². The van der Waals surface area contributed by atoms with Gasteiger partial charge in [0.1, 0.15) is 23.7 Å². The van der Waals surface area contributed by atoms with E-state index in [-0.39, 0.29) is 0 Å². The van der Waals surface area contributed by atoms with Crippen LogP contribution in [0.2, 0.25) is 5.02 Å². The molecular formula is C16H12ClN7. The molecule has 3 heterocycles. The first kappa shape index (κ1) is 14.5. The van der Waals surface area contributed by atoms with Crippen molar-refractivity contribution < 1.29 is 0 Å². The number of benzene rings is 1. The quantitative estimate of drug-likeness (QED) is 0.479. The first-order chi connectivity index (χ1) is 11.5. The smallest absolute Gasteiger partial charge is 0.187 e. The number of anilines is 1. The van der Waals surface area contributed by atoms with Crippen molar-refractivity contribution in [2.45, 2.75) is 6.92 Å². The maximum atomic E-state index is 6.36. The predicted octanol–water partition coefficient (Wildman–Crippen LogP) is 2.18. The number of nitrogens with two attached hydrogens (primary N) is 1. The van der Waals surface area contributed by atoms with Crippen LogP contribution in [0.5, 0.6) is 0 Å². The molecule has 8 heteroatoms. The molecule has 0 aliphatic heterocycles. The Hall–Kier alpha value is -3.11. The van der Waals surface area contributed by atoms with Gasteiger partial charge in [-0.1, -0.05) is 17.5 Å². The average molecular weight is 338 g/mol. The number of aromatic nitrogens is 6. The van der Waals surface area contributed by atoms with Gasteiger partial charge in [0, 0.05) is 12.6 Å². The molecule has 4 rings (SSSR count). The number of H-pyrrole nitrogens is 1. The molecule has 0 bridgehead atoms. The van der Waals surface area contributed by atoms with Crippen LogP contribution >= 0.6 is 11.6 Å². The zero-order valence-electron chi connectivity index (χ0n) is 12.9. The standard InChI is InChI=1S/C16H12ClN7/c1-8-21-12-5-9(10(17)6-13(12)24(8)2)3-4-11-14-15(18)19-7-20-16(14)23-22-11/h5-7H,1-2H3,(H3,18,19,20,22,23). The summed E-state index contributed by atoms with van der Waals surface area (Å²) in [7, 11) is 1.95. The summed E-state index contributed by atoms with van der Waals surface area (Å²) in [5.41, 5.74) is 9.40. The number of nitrogens with one attached hydrogen (secondary N) is 1. The van der Waals surface area contributed by atoms with E-state index < -0.39 is 0 Å². The highest BCUT2D eigenvalue weighted by Crippen LogP contribution is 2.24. The Morgan fingerprint density at radius 1 is 1.25 bits per heavy atom. The number of imidazole rings is 1. The van der Waals surface area contributed by atoms with E-state index in [2.05, 4.69) is 37.0 Å². The molecule has 0 fully saturated rings. The topological polar surface area (TPSA) is 98.3 Å². The van der Waals surface area contributed by atoms with E-state index in [4.69, 9.17) is 17.3 Å². The lowest BCUT2D eigenvalue weighted by Crippen LogP contribution is -1.92. The monoisotopic (exact) mass is 337 g/mol. The third kappa shape index (κ3) is 2.16. The van der Waals surface area contributed by atoms with Crippen LogP contribution in [0.3, 0.4) is 0 Å². The molecule has 0 amide bonds. The summed E-state index contributed by atoms with van der Waals surface area (Å²) < 4.78 is 1.98. The van der Waals surface area contributed by atoms with Gasteiger partial charge in [-0.2, -0.15) is 5.10 Å². The Morgan fingerprint density at radius 3 is 2.92 bits per heavy atom. The molecule has 24 heavy (non-hydrogen) atoms. The largest absolute Gasteiger partial charge is 0.383 e. The first-order valence-corrected chi connectivity index (χ1v) is 7.51. The average Bonchev–Trinajstić information content (AvgIpc) is 3.09. The number of aryl methyl sites for hydroxylation is 2. The van der Waals surface area contributed by atoms with Crippen LogP contribution in [0.1, 0.15) is 17.1 Å². The minimum absolute atomic E-state index is 0.333. The molecule has 0 aliphatic rings. The van der Waals surface area contributed by atoms with Crippen LogP contribution in [0.15, 0.2) is 18.5 Å². The van der Waals surface area contributed by atoms with E-state index in [1.54, 1.807) is 0 Å². The van der Waals surface area contributed by atoms with E-state index in [9.17, 15) is 0 Å². The Balaban J connectivity index is 1.85. The molecule has 118 valence electrons. The molecule has 0 atom stereocenters. The van der Waals surface area contributed by atoms with Crippen molar-refractivity contribution in [1.82, 2.24) is 29.7 Å². The maximum absolute atomic E-state index is 6.36. The summed E-state index contributed by atoms with van der Waals surface area (Å²) in [5, 5.41) is 8.07. The summed E-state index contributed by atoms with van der Waals surface area (Å²) in [4.78, 5) is 12.5. The molecule has 4 aromatic rings. The van der Waals surface area contributed by atoms with Crippen molar-refractivity contribution in [3.05, 3.63) is 40.6 Å². The van der Waals surface area contributed by atoms with Crippen molar-refractivity contribution in [1.29, 1.82) is 0 Å². The predicted molar refractivity (Wildman–Crippen MR) is 92.5 cm³/mol. The Labute approximate surface area is 141 Å². The van der Waals surface area contributed by atoms with E-state index in [0.29, 0.717) is 33.1 Å². The van der Waals surface area contributed by atoms with Crippen LogP contribution in [0.4, 0.5) is 5.82 Å². The fourth-order valence-corrected chi connectivity index (χ4v) is 2.73. The normalized spacial score (nSPS) is 11.0. The number of nitrogens with zero attached hydrogens (tertiary/aromatic N) is 5. The van der Waals surface area contributed by atoms with Gasteiger partial charge in [0.15, 0.2) is 5.65 Å². The zero-order valence-corrected chi connectivity index (χ0v) is 13.7. The number of nitrogen functional groups attached to an aromatic ring is 1. The molecule has 0 saturated carbocycles. The van der Waals surface area contributed by atoms with Crippen LogP contribution in [-0.2, 0) is 7.05 Å². The molecular weight excluding hydrogens is 326 g/mol. The van der Waals surface area contributed by atoms with Crippen LogP contribution in [0.25, 0.3) is 22.1 Å². The molecule has 0 unspecified atom stereocenters. The minimum atomic E-state index is 0.333. The summed E-state index contributed by atoms with van der Waals surface area (Å²) >= 11 is 6.36. The van der Waals surface area contributed by atoms with Gasteiger partial charge < -0.3 is 10.3 Å². The molecule has 7 nitrogen and oxygen atoms in total. The second-order valence-electron chi connectivity index (χ2n) is 5.34. The van der Waals surface area contributed by atoms with Crippen molar-refractivity contribution in [2.75, 3.05) is 5.73 Å². The van der Waals surface area contributed by atoms with E-state index in [0.717, 1.165) is 16.9 Å². The van der Waals surface area contributed by atoms with Crippen molar-refractivity contribution in [3.63, 3.8) is 0 Å². The summed E-state index contributed by atoms with van der Waals surface area (Å²) in [5.74, 6) is 7.29. The summed E-state index contributed by atoms with van der Waals surface area (Å²) in [6.07, 6.45) is 1.36. The SMILES string of the molecule is Cc1nc2cc(C#Cc3[nH]nc4ncnc(N)c34)c(Cl)cc2n1C. The molecule has 0 spiro atoms. The summed E-state index contributed by atoms with van der Waals surface area (Å²) in [6, 6.07) is 3.74. The summed E-state index contributed by atoms with van der Waals surface area (Å²) in [6.45, 7) is 1.94. The van der Waals surface area contributed by atoms with E-state index in [1.807, 2.05) is 30.7 Å². The molecule has 1 aromatic carbocycles. The fraction of sp³-hybridized carbons (Fsp3) is 0.125. The lowest BCUT2D eigenvalue weighted by atomic mass is 10.2. The third-order valence-corrected chi connectivity index (χ3v) is 4.21. The minimum Gasteiger partial charge on any atom is -0.383 e. The second-order valence-corrected chi connectivity index (χ2v) is 5.75. The number of rotatable bonds is 0. The van der Waals surface area contributed by atoms with Gasteiger partial charge in [-0.3, -0.25) is 5.10 Å². The van der Waals surface area contributed by atoms with Gasteiger partial charge in [0.2, 0.25) is 0 Å². The van der Waals surface area contributed by atoms with Crippen molar-refractivity contribution in [3.8, 4) is 11.8 Å². The van der Waals surface area contributed by atoms with Crippen molar-refractivity contribution >= 4 is 39.5 Å². The third-order valence-electron chi connectivity index (χ3n) is 3.90. The highest BCUT2D eigenvalue weighted by molar-refractivity contribution is 6.32. The second kappa shape index (κ2) is 5.22. The van der Waals surface area contributed by atoms with Gasteiger partial charge in [-0.15, -0.1) is 0 Å². The number of hydrogen-bond donors (Lipinski definition) is 2. The number of fused-ring (bicyclic) bond motifs is 2. The van der Waals surface area contributed by atoms with E-state index in [1.165, 1.54) is 6.33 Å². The fourth-order valence-electron chi connectivity index (χ4n) is 2.53. The molecule has 0 saturated heterocycles. The van der Waals surface area contributed by atoms with Crippen LogP contribution in [0, 0.1) is 18.8 Å². The Morgan fingerprint density at radius 2 is 2.08 bits per heavy atom. The first-order valence-electron chi connectivity index (χ1n) is 7.13. The van der Waals surface area contributed by atoms with Gasteiger partial charge in [0.05, 0.1) is 21.4 Å². The van der Waals surface area contributed by atoms with Gasteiger partial charge in [0.25, 0.3) is 0 Å². The molecule has 3 N–H and O–H groups in total. The van der Waals surface area contributed by atoms with E-state index >= 15 is 0 Å². The molecule has 3 aromatic heterocycles. The lowest BCUT2D eigenvalue weighted by Gasteiger charge is -1.99.